The van der Waals surface area contributed by atoms with Crippen molar-refractivity contribution in [2.45, 2.75) is 27.2 Å². The molecule has 1 aliphatic rings. The molecule has 2 heterocycles. The van der Waals surface area contributed by atoms with Gasteiger partial charge in [-0.15, -0.1) is 0 Å². The number of hydrogen-bond donors (Lipinski definition) is 0. The third-order valence-corrected chi connectivity index (χ3v) is 6.98. The van der Waals surface area contributed by atoms with E-state index in [1.165, 1.54) is 27.0 Å². The number of rotatable bonds is 3. The lowest BCUT2D eigenvalue weighted by molar-refractivity contribution is -0.130. The molecule has 0 bridgehead atoms. The number of piperazine rings is 1. The van der Waals surface area contributed by atoms with E-state index in [4.69, 9.17) is 4.98 Å². The molecule has 1 fully saturated rings. The predicted molar refractivity (Wildman–Crippen MR) is 120 cm³/mol. The Hall–Kier alpha value is -1.92. The number of thiazole rings is 1. The lowest BCUT2D eigenvalue weighted by Gasteiger charge is -2.34. The fourth-order valence-corrected chi connectivity index (χ4v) is 5.49. The van der Waals surface area contributed by atoms with Crippen molar-refractivity contribution >= 4 is 48.5 Å². The Morgan fingerprint density at radius 3 is 2.43 bits per heavy atom. The van der Waals surface area contributed by atoms with Gasteiger partial charge < -0.3 is 9.80 Å². The summed E-state index contributed by atoms with van der Waals surface area (Å²) >= 11 is 5.24. The van der Waals surface area contributed by atoms with Crippen molar-refractivity contribution in [2.24, 2.45) is 0 Å². The molecule has 0 saturated carbocycles. The van der Waals surface area contributed by atoms with Gasteiger partial charge in [0, 0.05) is 30.7 Å². The number of halogens is 1. The molecule has 1 aromatic heterocycles. The van der Waals surface area contributed by atoms with Crippen LogP contribution in [-0.2, 0) is 11.2 Å². The summed E-state index contributed by atoms with van der Waals surface area (Å²) in [5.74, 6) is 0.225. The van der Waals surface area contributed by atoms with E-state index in [1.54, 1.807) is 11.3 Å². The maximum atomic E-state index is 12.9. The SMILES string of the molecule is Cc1cc(C)c(CC(=O)N2CCN(c3nc4ccc(Br)cc4s3)CC2)c(C)c1. The molecule has 146 valence electrons. The van der Waals surface area contributed by atoms with Crippen LogP contribution in [-0.4, -0.2) is 42.0 Å². The zero-order valence-corrected chi connectivity index (χ0v) is 18.9. The average molecular weight is 458 g/mol. The Balaban J connectivity index is 1.41. The number of amides is 1. The number of anilines is 1. The van der Waals surface area contributed by atoms with Crippen LogP contribution in [0.4, 0.5) is 5.13 Å². The summed E-state index contributed by atoms with van der Waals surface area (Å²) in [6, 6.07) is 10.5. The summed E-state index contributed by atoms with van der Waals surface area (Å²) in [5.41, 5.74) is 5.89. The van der Waals surface area contributed by atoms with E-state index in [2.05, 4.69) is 59.8 Å². The highest BCUT2D eigenvalue weighted by Gasteiger charge is 2.24. The topological polar surface area (TPSA) is 36.4 Å². The molecular formula is C22H24BrN3OS. The second kappa shape index (κ2) is 7.84. The molecule has 0 unspecified atom stereocenters. The van der Waals surface area contributed by atoms with Crippen molar-refractivity contribution in [1.82, 2.24) is 9.88 Å². The molecule has 6 heteroatoms. The highest BCUT2D eigenvalue weighted by Crippen LogP contribution is 2.31. The van der Waals surface area contributed by atoms with E-state index in [-0.39, 0.29) is 5.91 Å². The fraction of sp³-hybridized carbons (Fsp3) is 0.364. The van der Waals surface area contributed by atoms with Gasteiger partial charge in [0.25, 0.3) is 0 Å². The van der Waals surface area contributed by atoms with Crippen molar-refractivity contribution in [3.05, 3.63) is 57.1 Å². The van der Waals surface area contributed by atoms with E-state index in [0.717, 1.165) is 41.3 Å². The van der Waals surface area contributed by atoms with Gasteiger partial charge in [0.05, 0.1) is 16.6 Å². The number of nitrogens with zero attached hydrogens (tertiary/aromatic N) is 3. The van der Waals surface area contributed by atoms with Gasteiger partial charge in [0.2, 0.25) is 5.91 Å². The summed E-state index contributed by atoms with van der Waals surface area (Å²) in [7, 11) is 0. The molecule has 0 aliphatic carbocycles. The van der Waals surface area contributed by atoms with Crippen LogP contribution in [0.5, 0.6) is 0 Å². The number of aromatic nitrogens is 1. The van der Waals surface area contributed by atoms with Gasteiger partial charge in [0.1, 0.15) is 0 Å². The first-order valence-electron chi connectivity index (χ1n) is 9.56. The first-order chi connectivity index (χ1) is 13.4. The van der Waals surface area contributed by atoms with Crippen LogP contribution in [0, 0.1) is 20.8 Å². The van der Waals surface area contributed by atoms with Gasteiger partial charge in [0.15, 0.2) is 5.13 Å². The van der Waals surface area contributed by atoms with Crippen molar-refractivity contribution in [3.63, 3.8) is 0 Å². The normalized spacial score (nSPS) is 14.7. The minimum Gasteiger partial charge on any atom is -0.345 e. The van der Waals surface area contributed by atoms with E-state index in [1.807, 2.05) is 17.0 Å². The number of benzene rings is 2. The van der Waals surface area contributed by atoms with Crippen LogP contribution in [0.2, 0.25) is 0 Å². The molecule has 0 N–H and O–H groups in total. The maximum absolute atomic E-state index is 12.9. The molecule has 3 aromatic rings. The molecule has 0 radical (unpaired) electrons. The third kappa shape index (κ3) is 3.94. The fourth-order valence-electron chi connectivity index (χ4n) is 3.92. The van der Waals surface area contributed by atoms with Gasteiger partial charge in [-0.25, -0.2) is 4.98 Å². The molecule has 1 aliphatic heterocycles. The van der Waals surface area contributed by atoms with Gasteiger partial charge in [-0.2, -0.15) is 0 Å². The van der Waals surface area contributed by atoms with Crippen molar-refractivity contribution in [2.75, 3.05) is 31.1 Å². The second-order valence-electron chi connectivity index (χ2n) is 7.53. The predicted octanol–water partition coefficient (Wildman–Crippen LogP) is 4.88. The molecule has 0 atom stereocenters. The van der Waals surface area contributed by atoms with Crippen LogP contribution in [0.3, 0.4) is 0 Å². The molecule has 4 rings (SSSR count). The van der Waals surface area contributed by atoms with Crippen molar-refractivity contribution in [3.8, 4) is 0 Å². The molecule has 28 heavy (non-hydrogen) atoms. The van der Waals surface area contributed by atoms with Gasteiger partial charge in [-0.05, 0) is 55.7 Å². The van der Waals surface area contributed by atoms with Crippen LogP contribution in [0.1, 0.15) is 22.3 Å². The largest absolute Gasteiger partial charge is 0.345 e. The summed E-state index contributed by atoms with van der Waals surface area (Å²) < 4.78 is 2.26. The lowest BCUT2D eigenvalue weighted by Crippen LogP contribution is -2.49. The van der Waals surface area contributed by atoms with Gasteiger partial charge in [-0.1, -0.05) is 45.0 Å². The highest BCUT2D eigenvalue weighted by atomic mass is 79.9. The number of aryl methyl sites for hydroxylation is 3. The summed E-state index contributed by atoms with van der Waals surface area (Å²) in [4.78, 5) is 21.9. The summed E-state index contributed by atoms with van der Waals surface area (Å²) in [6.45, 7) is 9.48. The number of hydrogen-bond acceptors (Lipinski definition) is 4. The molecular weight excluding hydrogens is 434 g/mol. The van der Waals surface area contributed by atoms with Crippen LogP contribution in [0.15, 0.2) is 34.8 Å². The number of carbonyl (C=O) groups excluding carboxylic acids is 1. The molecule has 1 saturated heterocycles. The minimum atomic E-state index is 0.225. The average Bonchev–Trinajstić information content (AvgIpc) is 3.07. The van der Waals surface area contributed by atoms with E-state index < -0.39 is 0 Å². The molecule has 0 spiro atoms. The Morgan fingerprint density at radius 1 is 1.07 bits per heavy atom. The van der Waals surface area contributed by atoms with E-state index in [0.29, 0.717) is 6.42 Å². The second-order valence-corrected chi connectivity index (χ2v) is 9.46. The van der Waals surface area contributed by atoms with Crippen LogP contribution in [0.25, 0.3) is 10.2 Å². The molecule has 2 aromatic carbocycles. The zero-order valence-electron chi connectivity index (χ0n) is 16.5. The lowest BCUT2D eigenvalue weighted by atomic mass is 9.97. The van der Waals surface area contributed by atoms with Gasteiger partial charge >= 0.3 is 0 Å². The smallest absolute Gasteiger partial charge is 0.227 e. The Bertz CT molecular complexity index is 1010. The van der Waals surface area contributed by atoms with E-state index in [9.17, 15) is 4.79 Å². The molecule has 4 nitrogen and oxygen atoms in total. The van der Waals surface area contributed by atoms with Gasteiger partial charge in [-0.3, -0.25) is 4.79 Å². The third-order valence-electron chi connectivity index (χ3n) is 5.41. The number of fused-ring (bicyclic) bond motifs is 1. The minimum absolute atomic E-state index is 0.225. The van der Waals surface area contributed by atoms with Crippen molar-refractivity contribution in [1.29, 1.82) is 0 Å². The number of carbonyl (C=O) groups is 1. The standard InChI is InChI=1S/C22H24BrN3OS/c1-14-10-15(2)18(16(3)11-14)13-21(27)25-6-8-26(9-7-25)22-24-19-5-4-17(23)12-20(19)28-22/h4-5,10-12H,6-9,13H2,1-3H3. The van der Waals surface area contributed by atoms with Crippen molar-refractivity contribution < 1.29 is 4.79 Å². The quantitative estimate of drug-likeness (QED) is 0.562. The first kappa shape index (κ1) is 19.4. The van der Waals surface area contributed by atoms with Crippen LogP contribution < -0.4 is 4.90 Å². The Morgan fingerprint density at radius 2 is 1.75 bits per heavy atom. The monoisotopic (exact) mass is 457 g/mol. The Labute approximate surface area is 178 Å². The maximum Gasteiger partial charge on any atom is 0.227 e. The Kier molecular flexibility index (Phi) is 5.43. The summed E-state index contributed by atoms with van der Waals surface area (Å²) in [6.07, 6.45) is 0.493. The zero-order chi connectivity index (χ0) is 19.8. The molecule has 1 amide bonds. The van der Waals surface area contributed by atoms with E-state index >= 15 is 0 Å². The van der Waals surface area contributed by atoms with Crippen LogP contribution >= 0.6 is 27.3 Å². The highest BCUT2D eigenvalue weighted by molar-refractivity contribution is 9.10. The first-order valence-corrected chi connectivity index (χ1v) is 11.2. The summed E-state index contributed by atoms with van der Waals surface area (Å²) in [5, 5.41) is 1.05.